The van der Waals surface area contributed by atoms with Crippen LogP contribution in [0.25, 0.3) is 0 Å². The normalized spacial score (nSPS) is 28.2. The molecule has 0 N–H and O–H groups in total. The minimum absolute atomic E-state index is 0.282. The van der Waals surface area contributed by atoms with Gasteiger partial charge in [0, 0.05) is 6.21 Å². The van der Waals surface area contributed by atoms with Crippen molar-refractivity contribution < 1.29 is 0 Å². The second-order valence-corrected chi connectivity index (χ2v) is 1.62. The van der Waals surface area contributed by atoms with Crippen LogP contribution < -0.4 is 0 Å². The van der Waals surface area contributed by atoms with E-state index in [1.165, 1.54) is 0 Å². The van der Waals surface area contributed by atoms with Crippen molar-refractivity contribution in [1.29, 1.82) is 5.26 Å². The zero-order valence-electron chi connectivity index (χ0n) is 4.57. The van der Waals surface area contributed by atoms with Gasteiger partial charge in [0.2, 0.25) is 0 Å². The molecule has 0 amide bonds. The molecule has 0 aromatic carbocycles. The first-order chi connectivity index (χ1) is 3.84. The fraction of sp³-hybridized carbons (Fsp3) is 0.400. The van der Waals surface area contributed by atoms with E-state index in [0.29, 0.717) is 0 Å². The first kappa shape index (κ1) is 5.26. The third kappa shape index (κ3) is 0.703. The van der Waals surface area contributed by atoms with Gasteiger partial charge in [-0.15, -0.1) is 0 Å². The second kappa shape index (κ2) is 1.93. The number of hydrogen-bond donors (Lipinski definition) is 0. The average molecular weight is 108 g/mol. The Morgan fingerprint density at radius 2 is 2.62 bits per heavy atom. The Morgan fingerprint density at radius 1 is 1.88 bits per heavy atom. The maximum absolute atomic E-state index is 8.31. The Hall–Kier alpha value is -0.880. The highest BCUT2D eigenvalue weighted by Gasteiger charge is 2.14. The van der Waals surface area contributed by atoms with Crippen LogP contribution in [0.15, 0.2) is 4.99 Å². The van der Waals surface area contributed by atoms with Gasteiger partial charge in [-0.3, -0.25) is 9.89 Å². The molecule has 1 atom stereocenters. The molecule has 0 aliphatic carbocycles. The Labute approximate surface area is 48.2 Å². The van der Waals surface area contributed by atoms with Gasteiger partial charge >= 0.3 is 0 Å². The van der Waals surface area contributed by atoms with Crippen LogP contribution >= 0.6 is 0 Å². The van der Waals surface area contributed by atoms with Crippen molar-refractivity contribution >= 4 is 6.21 Å². The number of rotatable bonds is 0. The summed E-state index contributed by atoms with van der Waals surface area (Å²) in [5, 5.41) is 8.31. The third-order valence-electron chi connectivity index (χ3n) is 1.03. The van der Waals surface area contributed by atoms with Gasteiger partial charge < -0.3 is 0 Å². The summed E-state index contributed by atoms with van der Waals surface area (Å²) >= 11 is 0. The van der Waals surface area contributed by atoms with Gasteiger partial charge in [0.15, 0.2) is 6.17 Å². The van der Waals surface area contributed by atoms with Crippen LogP contribution in [-0.2, 0) is 0 Å². The van der Waals surface area contributed by atoms with E-state index in [4.69, 9.17) is 5.26 Å². The van der Waals surface area contributed by atoms with E-state index in [-0.39, 0.29) is 6.17 Å². The molecule has 3 heteroatoms. The zero-order valence-corrected chi connectivity index (χ0v) is 4.57. The lowest BCUT2D eigenvalue weighted by molar-refractivity contribution is 0.403. The standard InChI is InChI=1S/C5H6N3/c1-8-3-2-7-5(8)4-6/h2-3,5H,1H3. The van der Waals surface area contributed by atoms with Crippen molar-refractivity contribution in [3.05, 3.63) is 6.54 Å². The van der Waals surface area contributed by atoms with Crippen molar-refractivity contribution in [2.75, 3.05) is 7.05 Å². The smallest absolute Gasteiger partial charge is 0.190 e. The van der Waals surface area contributed by atoms with Gasteiger partial charge in [0.1, 0.15) is 6.07 Å². The van der Waals surface area contributed by atoms with E-state index in [9.17, 15) is 0 Å². The lowest BCUT2D eigenvalue weighted by Gasteiger charge is -2.07. The fourth-order valence-electron chi connectivity index (χ4n) is 0.536. The maximum Gasteiger partial charge on any atom is 0.190 e. The predicted molar refractivity (Wildman–Crippen MR) is 30.0 cm³/mol. The molecule has 0 saturated carbocycles. The average Bonchev–Trinajstić information content (AvgIpc) is 2.14. The number of nitrogens with zero attached hydrogens (tertiary/aromatic N) is 3. The number of aliphatic imine (C=N–C) groups is 1. The van der Waals surface area contributed by atoms with Crippen LogP contribution in [0.5, 0.6) is 0 Å². The summed E-state index contributed by atoms with van der Waals surface area (Å²) in [6.45, 7) is 1.77. The fourth-order valence-corrected chi connectivity index (χ4v) is 0.536. The van der Waals surface area contributed by atoms with Crippen LogP contribution in [0, 0.1) is 17.9 Å². The largest absolute Gasteiger partial charge is 0.263 e. The van der Waals surface area contributed by atoms with Crippen LogP contribution in [0.3, 0.4) is 0 Å². The molecule has 41 valence electrons. The van der Waals surface area contributed by atoms with E-state index < -0.39 is 0 Å². The second-order valence-electron chi connectivity index (χ2n) is 1.62. The molecular weight excluding hydrogens is 102 g/mol. The molecule has 0 bridgehead atoms. The van der Waals surface area contributed by atoms with Crippen molar-refractivity contribution in [1.82, 2.24) is 4.90 Å². The Kier molecular flexibility index (Phi) is 1.27. The summed E-state index contributed by atoms with van der Waals surface area (Å²) in [4.78, 5) is 5.57. The predicted octanol–water partition coefficient (Wildman–Crippen LogP) is 0.0141. The van der Waals surface area contributed by atoms with Crippen molar-refractivity contribution in [3.8, 4) is 6.07 Å². The lowest BCUT2D eigenvalue weighted by Crippen LogP contribution is -2.20. The summed E-state index contributed by atoms with van der Waals surface area (Å²) < 4.78 is 0. The maximum atomic E-state index is 8.31. The van der Waals surface area contributed by atoms with Gasteiger partial charge in [-0.1, -0.05) is 0 Å². The number of hydrogen-bond acceptors (Lipinski definition) is 3. The van der Waals surface area contributed by atoms with Crippen LogP contribution in [-0.4, -0.2) is 24.3 Å². The molecule has 1 unspecified atom stereocenters. The van der Waals surface area contributed by atoms with E-state index in [1.807, 2.05) is 13.1 Å². The molecule has 8 heavy (non-hydrogen) atoms. The Morgan fingerprint density at radius 3 is 2.88 bits per heavy atom. The van der Waals surface area contributed by atoms with E-state index in [0.717, 1.165) is 0 Å². The Balaban J connectivity index is 2.57. The topological polar surface area (TPSA) is 39.4 Å². The van der Waals surface area contributed by atoms with Crippen molar-refractivity contribution in [2.45, 2.75) is 6.17 Å². The molecule has 0 aromatic heterocycles. The molecule has 0 saturated heterocycles. The monoisotopic (exact) mass is 108 g/mol. The van der Waals surface area contributed by atoms with Gasteiger partial charge in [-0.25, -0.2) is 0 Å². The molecule has 1 aliphatic rings. The zero-order chi connectivity index (χ0) is 5.98. The van der Waals surface area contributed by atoms with Crippen molar-refractivity contribution in [2.24, 2.45) is 4.99 Å². The van der Waals surface area contributed by atoms with Crippen LogP contribution in [0.2, 0.25) is 0 Å². The molecule has 1 rings (SSSR count). The van der Waals surface area contributed by atoms with Crippen molar-refractivity contribution in [3.63, 3.8) is 0 Å². The molecule has 0 aromatic rings. The minimum atomic E-state index is -0.282. The first-order valence-corrected chi connectivity index (χ1v) is 2.33. The van der Waals surface area contributed by atoms with Crippen LogP contribution in [0.1, 0.15) is 0 Å². The SMILES string of the molecule is CN1[CH]C=NC1C#N. The molecule has 3 nitrogen and oxygen atoms in total. The van der Waals surface area contributed by atoms with Gasteiger partial charge in [0.05, 0.1) is 6.54 Å². The van der Waals surface area contributed by atoms with E-state index in [1.54, 1.807) is 17.7 Å². The number of nitriles is 1. The van der Waals surface area contributed by atoms with Gasteiger partial charge in [-0.05, 0) is 7.05 Å². The summed E-state index contributed by atoms with van der Waals surface area (Å²) in [6, 6.07) is 2.01. The third-order valence-corrected chi connectivity index (χ3v) is 1.03. The molecule has 0 fully saturated rings. The van der Waals surface area contributed by atoms with E-state index >= 15 is 0 Å². The quantitative estimate of drug-likeness (QED) is 0.438. The summed E-state index contributed by atoms with van der Waals surface area (Å²) in [5.74, 6) is 0. The lowest BCUT2D eigenvalue weighted by atomic mass is 10.5. The highest BCUT2D eigenvalue weighted by molar-refractivity contribution is 5.69. The summed E-state index contributed by atoms with van der Waals surface area (Å²) in [5.41, 5.74) is 0. The molecule has 1 heterocycles. The minimum Gasteiger partial charge on any atom is -0.263 e. The molecule has 0 spiro atoms. The Bertz CT molecular complexity index is 144. The molecule has 1 aliphatic heterocycles. The highest BCUT2D eigenvalue weighted by atomic mass is 15.2. The molecular formula is C5H6N3. The summed E-state index contributed by atoms with van der Waals surface area (Å²) in [7, 11) is 1.82. The van der Waals surface area contributed by atoms with E-state index in [2.05, 4.69) is 4.99 Å². The van der Waals surface area contributed by atoms with Gasteiger partial charge in [-0.2, -0.15) is 5.26 Å². The molecule has 1 radical (unpaired) electrons. The first-order valence-electron chi connectivity index (χ1n) is 2.33. The summed E-state index contributed by atoms with van der Waals surface area (Å²) in [6.07, 6.45) is 1.35. The van der Waals surface area contributed by atoms with Gasteiger partial charge in [0.25, 0.3) is 0 Å². The highest BCUT2D eigenvalue weighted by Crippen LogP contribution is 2.03. The van der Waals surface area contributed by atoms with Crippen LogP contribution in [0.4, 0.5) is 0 Å².